The first kappa shape index (κ1) is 21.2. The molecule has 1 unspecified atom stereocenters. The van der Waals surface area contributed by atoms with Crippen LogP contribution in [0.3, 0.4) is 0 Å². The van der Waals surface area contributed by atoms with Gasteiger partial charge in [-0.15, -0.1) is 0 Å². The standard InChI is InChI=1S/C17H25O2S.C4H10/c1-13(2)12-15-4-6-16(7-5-15)17(18)14(3)20-10-8-19-9-11-20;1-3-4-2/h4-7,13-14H,8-12H2,1-3H3;3-4H2,1-2H3/q+1;. The lowest BCUT2D eigenvalue weighted by Crippen LogP contribution is -2.38. The number of ketones is 1. The van der Waals surface area contributed by atoms with Crippen LogP contribution in [0.15, 0.2) is 24.3 Å². The van der Waals surface area contributed by atoms with Crippen molar-refractivity contribution < 1.29 is 9.53 Å². The molecule has 0 amide bonds. The molecule has 3 heteroatoms. The number of rotatable bonds is 6. The fourth-order valence-electron chi connectivity index (χ4n) is 2.55. The molecule has 1 heterocycles. The first-order chi connectivity index (χ1) is 11.5. The molecule has 0 bridgehead atoms. The van der Waals surface area contributed by atoms with Crippen molar-refractivity contribution in [2.45, 2.75) is 59.1 Å². The summed E-state index contributed by atoms with van der Waals surface area (Å²) in [4.78, 5) is 12.5. The maximum atomic E-state index is 12.5. The van der Waals surface area contributed by atoms with Gasteiger partial charge in [0.25, 0.3) is 0 Å². The summed E-state index contributed by atoms with van der Waals surface area (Å²) in [6.07, 6.45) is 3.71. The van der Waals surface area contributed by atoms with E-state index < -0.39 is 0 Å². The first-order valence-corrected chi connectivity index (χ1v) is 11.0. The topological polar surface area (TPSA) is 26.3 Å². The van der Waals surface area contributed by atoms with Crippen LogP contribution >= 0.6 is 0 Å². The van der Waals surface area contributed by atoms with E-state index in [4.69, 9.17) is 4.74 Å². The maximum Gasteiger partial charge on any atom is 0.214 e. The van der Waals surface area contributed by atoms with Crippen LogP contribution in [0, 0.1) is 5.92 Å². The predicted molar refractivity (Wildman–Crippen MR) is 107 cm³/mol. The third-order valence-electron chi connectivity index (χ3n) is 4.23. The smallest absolute Gasteiger partial charge is 0.214 e. The second-order valence-corrected chi connectivity index (χ2v) is 9.46. The molecule has 1 aromatic carbocycles. The normalized spacial score (nSPS) is 16.4. The van der Waals surface area contributed by atoms with E-state index >= 15 is 0 Å². The van der Waals surface area contributed by atoms with Gasteiger partial charge in [-0.05, 0) is 24.8 Å². The Labute approximate surface area is 151 Å². The van der Waals surface area contributed by atoms with Crippen molar-refractivity contribution in [3.63, 3.8) is 0 Å². The van der Waals surface area contributed by atoms with Crippen LogP contribution in [0.4, 0.5) is 0 Å². The lowest BCUT2D eigenvalue weighted by atomic mass is 10.0. The Balaban J connectivity index is 0.000000648. The third-order valence-corrected chi connectivity index (χ3v) is 6.83. The number of hydrogen-bond acceptors (Lipinski definition) is 2. The van der Waals surface area contributed by atoms with E-state index in [0.717, 1.165) is 36.7 Å². The summed E-state index contributed by atoms with van der Waals surface area (Å²) in [5, 5.41) is 0.134. The molecule has 1 aliphatic heterocycles. The van der Waals surface area contributed by atoms with Crippen molar-refractivity contribution in [1.29, 1.82) is 0 Å². The molecule has 0 saturated carbocycles. The summed E-state index contributed by atoms with van der Waals surface area (Å²) in [6, 6.07) is 8.21. The number of carbonyl (C=O) groups excluding carboxylic acids is 1. The Morgan fingerprint density at radius 3 is 2.04 bits per heavy atom. The van der Waals surface area contributed by atoms with Crippen molar-refractivity contribution in [2.75, 3.05) is 24.7 Å². The molecule has 0 aliphatic carbocycles. The third kappa shape index (κ3) is 7.40. The number of hydrogen-bond donors (Lipinski definition) is 0. The fraction of sp³-hybridized carbons (Fsp3) is 0.667. The molecule has 2 rings (SSSR count). The van der Waals surface area contributed by atoms with Crippen LogP contribution in [0.1, 0.15) is 63.4 Å². The zero-order valence-corrected chi connectivity index (χ0v) is 17.0. The van der Waals surface area contributed by atoms with Crippen LogP contribution in [0.2, 0.25) is 0 Å². The SMILES string of the molecule is CC(C)Cc1ccc(C(=O)C(C)[S+]2CCOCC2)cc1.CCCC. The Morgan fingerprint density at radius 2 is 1.58 bits per heavy atom. The summed E-state index contributed by atoms with van der Waals surface area (Å²) in [5.74, 6) is 3.03. The van der Waals surface area contributed by atoms with Gasteiger partial charge >= 0.3 is 0 Å². The summed E-state index contributed by atoms with van der Waals surface area (Å²) >= 11 is 0. The molecule has 0 spiro atoms. The van der Waals surface area contributed by atoms with Crippen LogP contribution in [-0.4, -0.2) is 35.8 Å². The quantitative estimate of drug-likeness (QED) is 0.537. The molecule has 0 aromatic heterocycles. The minimum Gasteiger partial charge on any atom is -0.372 e. The minimum absolute atomic E-state index is 0.134. The van der Waals surface area contributed by atoms with Gasteiger partial charge in [0.1, 0.15) is 11.5 Å². The van der Waals surface area contributed by atoms with Gasteiger partial charge in [0, 0.05) is 16.5 Å². The number of carbonyl (C=O) groups is 1. The van der Waals surface area contributed by atoms with Gasteiger partial charge < -0.3 is 4.74 Å². The van der Waals surface area contributed by atoms with Gasteiger partial charge in [0.2, 0.25) is 5.78 Å². The van der Waals surface area contributed by atoms with Crippen LogP contribution in [0.5, 0.6) is 0 Å². The molecule has 1 aliphatic rings. The highest BCUT2D eigenvalue weighted by molar-refractivity contribution is 7.98. The average Bonchev–Trinajstić information content (AvgIpc) is 2.61. The van der Waals surface area contributed by atoms with Gasteiger partial charge in [-0.1, -0.05) is 64.8 Å². The zero-order valence-electron chi connectivity index (χ0n) is 16.1. The van der Waals surface area contributed by atoms with E-state index in [2.05, 4.69) is 46.8 Å². The predicted octanol–water partition coefficient (Wildman–Crippen LogP) is 4.91. The summed E-state index contributed by atoms with van der Waals surface area (Å²) in [7, 11) is 0.191. The Bertz CT molecular complexity index is 459. The van der Waals surface area contributed by atoms with E-state index in [9.17, 15) is 4.79 Å². The molecule has 1 fully saturated rings. The van der Waals surface area contributed by atoms with Crippen molar-refractivity contribution in [2.24, 2.45) is 5.92 Å². The molecule has 2 nitrogen and oxygen atoms in total. The van der Waals surface area contributed by atoms with E-state index in [1.165, 1.54) is 18.4 Å². The van der Waals surface area contributed by atoms with Gasteiger partial charge in [-0.25, -0.2) is 0 Å². The second-order valence-electron chi connectivity index (χ2n) is 6.86. The van der Waals surface area contributed by atoms with E-state index in [-0.39, 0.29) is 16.1 Å². The fourth-order valence-corrected chi connectivity index (χ4v) is 4.57. The Kier molecular flexibility index (Phi) is 10.4. The molecule has 136 valence electrons. The van der Waals surface area contributed by atoms with Gasteiger partial charge in [-0.3, -0.25) is 4.79 Å². The van der Waals surface area contributed by atoms with E-state index in [0.29, 0.717) is 11.7 Å². The van der Waals surface area contributed by atoms with E-state index in [1.807, 2.05) is 12.1 Å². The number of unbranched alkanes of at least 4 members (excludes halogenated alkanes) is 1. The minimum atomic E-state index is 0.134. The van der Waals surface area contributed by atoms with Crippen LogP contribution < -0.4 is 0 Å². The van der Waals surface area contributed by atoms with Crippen molar-refractivity contribution in [1.82, 2.24) is 0 Å². The molecule has 24 heavy (non-hydrogen) atoms. The van der Waals surface area contributed by atoms with Crippen LogP contribution in [-0.2, 0) is 22.1 Å². The largest absolute Gasteiger partial charge is 0.372 e. The highest BCUT2D eigenvalue weighted by atomic mass is 32.2. The highest BCUT2D eigenvalue weighted by Gasteiger charge is 2.34. The summed E-state index contributed by atoms with van der Waals surface area (Å²) in [6.45, 7) is 12.5. The molecular weight excluding hydrogens is 316 g/mol. The number of Topliss-reactive ketones (excluding diaryl/α,β-unsaturated/α-hetero) is 1. The number of ether oxygens (including phenoxy) is 1. The monoisotopic (exact) mass is 351 g/mol. The average molecular weight is 352 g/mol. The molecule has 0 radical (unpaired) electrons. The first-order valence-electron chi connectivity index (χ1n) is 9.36. The van der Waals surface area contributed by atoms with Crippen LogP contribution in [0.25, 0.3) is 0 Å². The maximum absolute atomic E-state index is 12.5. The van der Waals surface area contributed by atoms with Crippen molar-refractivity contribution in [3.8, 4) is 0 Å². The van der Waals surface area contributed by atoms with Gasteiger partial charge in [0.05, 0.1) is 13.2 Å². The molecule has 1 atom stereocenters. The summed E-state index contributed by atoms with van der Waals surface area (Å²) < 4.78 is 5.38. The van der Waals surface area contributed by atoms with Gasteiger partial charge in [0.15, 0.2) is 5.25 Å². The highest BCUT2D eigenvalue weighted by Crippen LogP contribution is 2.17. The Morgan fingerprint density at radius 1 is 1.04 bits per heavy atom. The van der Waals surface area contributed by atoms with Gasteiger partial charge in [-0.2, -0.15) is 0 Å². The van der Waals surface area contributed by atoms with Crippen molar-refractivity contribution in [3.05, 3.63) is 35.4 Å². The summed E-state index contributed by atoms with van der Waals surface area (Å²) in [5.41, 5.74) is 2.18. The molecule has 1 saturated heterocycles. The zero-order chi connectivity index (χ0) is 17.9. The lowest BCUT2D eigenvalue weighted by molar-refractivity contribution is 0.0991. The second kappa shape index (κ2) is 11.7. The Hall–Kier alpha value is -0.800. The molecule has 1 aromatic rings. The number of benzene rings is 1. The molecule has 0 N–H and O–H groups in total. The van der Waals surface area contributed by atoms with E-state index in [1.54, 1.807) is 0 Å². The molecular formula is C21H35O2S+. The lowest BCUT2D eigenvalue weighted by Gasteiger charge is -2.19. The van der Waals surface area contributed by atoms with Crippen molar-refractivity contribution >= 4 is 16.7 Å².